The van der Waals surface area contributed by atoms with E-state index in [1.165, 1.54) is 0 Å². The zero-order valence-corrected chi connectivity index (χ0v) is 16.9. The number of anilines is 2. The van der Waals surface area contributed by atoms with Gasteiger partial charge in [-0.25, -0.2) is 8.42 Å². The van der Waals surface area contributed by atoms with Gasteiger partial charge in [-0.05, 0) is 48.9 Å². The SMILES string of the molecule is Cc1ccc(NC(=O)c2cccc(OCc3cccnc3)c2)cc1NS(C)(=O)=O. The number of pyridine rings is 1. The summed E-state index contributed by atoms with van der Waals surface area (Å²) in [6, 6.07) is 15.6. The molecule has 0 aliphatic heterocycles. The molecule has 3 rings (SSSR count). The van der Waals surface area contributed by atoms with E-state index in [1.807, 2.05) is 12.1 Å². The Morgan fingerprint density at radius 2 is 1.93 bits per heavy atom. The Kier molecular flexibility index (Phi) is 6.13. The van der Waals surface area contributed by atoms with Crippen molar-refractivity contribution in [1.82, 2.24) is 4.98 Å². The zero-order valence-electron chi connectivity index (χ0n) is 16.0. The van der Waals surface area contributed by atoms with Gasteiger partial charge in [-0.3, -0.25) is 14.5 Å². The Hall–Kier alpha value is -3.39. The molecule has 0 spiro atoms. The molecule has 0 aliphatic rings. The molecule has 0 radical (unpaired) electrons. The molecule has 1 aromatic heterocycles. The van der Waals surface area contributed by atoms with Crippen molar-refractivity contribution in [1.29, 1.82) is 0 Å². The van der Waals surface area contributed by atoms with Gasteiger partial charge in [0.15, 0.2) is 0 Å². The summed E-state index contributed by atoms with van der Waals surface area (Å²) >= 11 is 0. The van der Waals surface area contributed by atoms with Crippen LogP contribution in [0.4, 0.5) is 11.4 Å². The number of carbonyl (C=O) groups is 1. The summed E-state index contributed by atoms with van der Waals surface area (Å²) in [5.41, 5.74) is 2.99. The number of aryl methyl sites for hydroxylation is 1. The molecule has 150 valence electrons. The quantitative estimate of drug-likeness (QED) is 0.619. The number of sulfonamides is 1. The maximum absolute atomic E-state index is 12.6. The molecule has 2 aromatic carbocycles. The van der Waals surface area contributed by atoms with Gasteiger partial charge in [0.2, 0.25) is 10.0 Å². The smallest absolute Gasteiger partial charge is 0.255 e. The highest BCUT2D eigenvalue weighted by atomic mass is 32.2. The number of amides is 1. The van der Waals surface area contributed by atoms with Crippen LogP contribution in [0.3, 0.4) is 0 Å². The topological polar surface area (TPSA) is 97.4 Å². The fraction of sp³-hybridized carbons (Fsp3) is 0.143. The lowest BCUT2D eigenvalue weighted by Gasteiger charge is -2.12. The summed E-state index contributed by atoms with van der Waals surface area (Å²) in [4.78, 5) is 16.6. The summed E-state index contributed by atoms with van der Waals surface area (Å²) in [7, 11) is -3.42. The Morgan fingerprint density at radius 3 is 2.66 bits per heavy atom. The predicted octanol–water partition coefficient (Wildman–Crippen LogP) is 3.59. The number of aromatic nitrogens is 1. The average molecular weight is 411 g/mol. The number of benzene rings is 2. The van der Waals surface area contributed by atoms with Crippen LogP contribution in [0.25, 0.3) is 0 Å². The van der Waals surface area contributed by atoms with Crippen LogP contribution in [0, 0.1) is 6.92 Å². The first-order chi connectivity index (χ1) is 13.8. The third-order valence-electron chi connectivity index (χ3n) is 4.02. The maximum atomic E-state index is 12.6. The molecule has 0 atom stereocenters. The number of rotatable bonds is 7. The Balaban J connectivity index is 1.70. The minimum Gasteiger partial charge on any atom is -0.489 e. The molecule has 0 fully saturated rings. The highest BCUT2D eigenvalue weighted by molar-refractivity contribution is 7.92. The lowest BCUT2D eigenvalue weighted by molar-refractivity contribution is 0.102. The molecule has 0 unspecified atom stereocenters. The van der Waals surface area contributed by atoms with Crippen molar-refractivity contribution in [2.45, 2.75) is 13.5 Å². The van der Waals surface area contributed by atoms with Gasteiger partial charge in [0, 0.05) is 29.2 Å². The highest BCUT2D eigenvalue weighted by Gasteiger charge is 2.10. The first-order valence-electron chi connectivity index (χ1n) is 8.82. The number of carbonyl (C=O) groups excluding carboxylic acids is 1. The van der Waals surface area contributed by atoms with Gasteiger partial charge >= 0.3 is 0 Å². The summed E-state index contributed by atoms with van der Waals surface area (Å²) in [5, 5.41) is 2.77. The number of hydrogen-bond acceptors (Lipinski definition) is 5. The Morgan fingerprint density at radius 1 is 1.10 bits per heavy atom. The van der Waals surface area contributed by atoms with E-state index in [4.69, 9.17) is 4.74 Å². The second kappa shape index (κ2) is 8.74. The molecule has 8 heteroatoms. The maximum Gasteiger partial charge on any atom is 0.255 e. The first kappa shape index (κ1) is 20.3. The largest absolute Gasteiger partial charge is 0.489 e. The molecule has 3 aromatic rings. The second-order valence-electron chi connectivity index (χ2n) is 6.54. The summed E-state index contributed by atoms with van der Waals surface area (Å²) in [6.07, 6.45) is 4.49. The number of nitrogens with zero attached hydrogens (tertiary/aromatic N) is 1. The summed E-state index contributed by atoms with van der Waals surface area (Å²) < 4.78 is 31.2. The van der Waals surface area contributed by atoms with Crippen molar-refractivity contribution in [3.63, 3.8) is 0 Å². The number of hydrogen-bond donors (Lipinski definition) is 2. The highest BCUT2D eigenvalue weighted by Crippen LogP contribution is 2.22. The monoisotopic (exact) mass is 411 g/mol. The van der Waals surface area contributed by atoms with Crippen LogP contribution in [0.2, 0.25) is 0 Å². The third-order valence-corrected chi connectivity index (χ3v) is 4.61. The van der Waals surface area contributed by atoms with Crippen LogP contribution in [0.1, 0.15) is 21.5 Å². The molecule has 0 saturated carbocycles. The first-order valence-corrected chi connectivity index (χ1v) is 10.7. The standard InChI is InChI=1S/C21H21N3O4S/c1-15-8-9-18(12-20(15)24-29(2,26)27)23-21(25)17-6-3-7-19(11-17)28-14-16-5-4-10-22-13-16/h3-13,24H,14H2,1-2H3,(H,23,25). The fourth-order valence-electron chi connectivity index (χ4n) is 2.59. The van der Waals surface area contributed by atoms with E-state index in [0.717, 1.165) is 17.4 Å². The lowest BCUT2D eigenvalue weighted by atomic mass is 10.1. The lowest BCUT2D eigenvalue weighted by Crippen LogP contribution is -2.14. The van der Waals surface area contributed by atoms with Crippen molar-refractivity contribution in [3.8, 4) is 5.75 Å². The van der Waals surface area contributed by atoms with Crippen molar-refractivity contribution in [2.24, 2.45) is 0 Å². The summed E-state index contributed by atoms with van der Waals surface area (Å²) in [6.45, 7) is 2.12. The van der Waals surface area contributed by atoms with Crippen LogP contribution >= 0.6 is 0 Å². The second-order valence-corrected chi connectivity index (χ2v) is 8.28. The Bertz CT molecular complexity index is 1120. The summed E-state index contributed by atoms with van der Waals surface area (Å²) in [5.74, 6) is 0.232. The molecular formula is C21H21N3O4S. The number of nitrogens with one attached hydrogen (secondary N) is 2. The van der Waals surface area contributed by atoms with Crippen LogP contribution in [-0.2, 0) is 16.6 Å². The molecule has 0 saturated heterocycles. The van der Waals surface area contributed by atoms with Crippen molar-refractivity contribution in [2.75, 3.05) is 16.3 Å². The molecule has 7 nitrogen and oxygen atoms in total. The van der Waals surface area contributed by atoms with E-state index in [2.05, 4.69) is 15.0 Å². The fourth-order valence-corrected chi connectivity index (χ4v) is 3.21. The minimum atomic E-state index is -3.42. The van der Waals surface area contributed by atoms with E-state index in [0.29, 0.717) is 29.3 Å². The van der Waals surface area contributed by atoms with E-state index < -0.39 is 10.0 Å². The van der Waals surface area contributed by atoms with Crippen LogP contribution in [-0.4, -0.2) is 25.6 Å². The number of ether oxygens (including phenoxy) is 1. The third kappa shape index (κ3) is 6.05. The van der Waals surface area contributed by atoms with Crippen molar-refractivity contribution >= 4 is 27.3 Å². The molecule has 1 amide bonds. The van der Waals surface area contributed by atoms with Crippen molar-refractivity contribution in [3.05, 3.63) is 83.7 Å². The predicted molar refractivity (Wildman–Crippen MR) is 113 cm³/mol. The zero-order chi connectivity index (χ0) is 20.9. The molecule has 0 bridgehead atoms. The van der Waals surface area contributed by atoms with Gasteiger partial charge in [0.25, 0.3) is 5.91 Å². The average Bonchev–Trinajstić information content (AvgIpc) is 2.69. The van der Waals surface area contributed by atoms with E-state index >= 15 is 0 Å². The van der Waals surface area contributed by atoms with Gasteiger partial charge in [0.05, 0.1) is 11.9 Å². The molecule has 2 N–H and O–H groups in total. The van der Waals surface area contributed by atoms with Crippen molar-refractivity contribution < 1.29 is 17.9 Å². The van der Waals surface area contributed by atoms with E-state index in [-0.39, 0.29) is 5.91 Å². The molecule has 1 heterocycles. The van der Waals surface area contributed by atoms with E-state index in [1.54, 1.807) is 61.8 Å². The van der Waals surface area contributed by atoms with Crippen LogP contribution in [0.5, 0.6) is 5.75 Å². The van der Waals surface area contributed by atoms with Gasteiger partial charge < -0.3 is 10.1 Å². The van der Waals surface area contributed by atoms with E-state index in [9.17, 15) is 13.2 Å². The van der Waals surface area contributed by atoms with Crippen LogP contribution in [0.15, 0.2) is 67.0 Å². The molecule has 0 aliphatic carbocycles. The minimum absolute atomic E-state index is 0.328. The van der Waals surface area contributed by atoms with Gasteiger partial charge in [-0.15, -0.1) is 0 Å². The van der Waals surface area contributed by atoms with Gasteiger partial charge in [0.1, 0.15) is 12.4 Å². The Labute approximate surface area is 169 Å². The van der Waals surface area contributed by atoms with Crippen LogP contribution < -0.4 is 14.8 Å². The molecular weight excluding hydrogens is 390 g/mol. The van der Waals surface area contributed by atoms with Gasteiger partial charge in [-0.2, -0.15) is 0 Å². The van der Waals surface area contributed by atoms with Gasteiger partial charge in [-0.1, -0.05) is 18.2 Å². The molecule has 29 heavy (non-hydrogen) atoms. The normalized spacial score (nSPS) is 11.0.